The molecule has 0 aliphatic rings. The molecular formula is C11H17NO4. The smallest absolute Gasteiger partial charge is 0.272 e. The van der Waals surface area contributed by atoms with E-state index >= 15 is 0 Å². The molecule has 5 heteroatoms. The van der Waals surface area contributed by atoms with Gasteiger partial charge in [0.05, 0.1) is 12.6 Å². The summed E-state index contributed by atoms with van der Waals surface area (Å²) in [6.45, 7) is 5.82. The fourth-order valence-corrected chi connectivity index (χ4v) is 1.28. The Hall–Kier alpha value is -1.36. The monoisotopic (exact) mass is 227 g/mol. The van der Waals surface area contributed by atoms with Crippen molar-refractivity contribution in [1.29, 1.82) is 0 Å². The Kier molecular flexibility index (Phi) is 4.06. The summed E-state index contributed by atoms with van der Waals surface area (Å²) in [5.74, 6) is -0.00495. The highest BCUT2D eigenvalue weighted by molar-refractivity contribution is 5.62. The Morgan fingerprint density at radius 2 is 1.94 bits per heavy atom. The van der Waals surface area contributed by atoms with Crippen LogP contribution in [0.2, 0.25) is 0 Å². The summed E-state index contributed by atoms with van der Waals surface area (Å²) in [7, 11) is 0. The van der Waals surface area contributed by atoms with Crippen LogP contribution in [0.3, 0.4) is 0 Å². The average Bonchev–Trinajstić information content (AvgIpc) is 2.26. The second-order valence-corrected chi connectivity index (χ2v) is 3.98. The van der Waals surface area contributed by atoms with Gasteiger partial charge in [-0.25, -0.2) is 5.06 Å². The van der Waals surface area contributed by atoms with E-state index < -0.39 is 10.9 Å². The van der Waals surface area contributed by atoms with E-state index in [-0.39, 0.29) is 17.5 Å². The van der Waals surface area contributed by atoms with Crippen molar-refractivity contribution in [3.8, 4) is 5.75 Å². The van der Waals surface area contributed by atoms with Crippen molar-refractivity contribution < 1.29 is 9.94 Å². The average molecular weight is 227 g/mol. The molecule has 0 saturated heterocycles. The van der Waals surface area contributed by atoms with E-state index in [2.05, 4.69) is 0 Å². The molecule has 0 saturated carbocycles. The van der Waals surface area contributed by atoms with Crippen molar-refractivity contribution in [1.82, 2.24) is 0 Å². The van der Waals surface area contributed by atoms with Gasteiger partial charge in [0.15, 0.2) is 5.69 Å². The van der Waals surface area contributed by atoms with Crippen molar-refractivity contribution in [2.24, 2.45) is 0 Å². The van der Waals surface area contributed by atoms with E-state index in [0.717, 1.165) is 17.9 Å². The summed E-state index contributed by atoms with van der Waals surface area (Å²) in [4.78, 5) is 22.5. The first kappa shape index (κ1) is 12.7. The Labute approximate surface area is 93.9 Å². The van der Waals surface area contributed by atoms with Gasteiger partial charge in [0.1, 0.15) is 0 Å². The number of unbranched alkanes of at least 4 members (excludes halogenated alkanes) is 1. The number of hydroxylamine groups is 1. The molecule has 1 rings (SSSR count). The molecule has 0 unspecified atom stereocenters. The maximum atomic E-state index is 11.3. The summed E-state index contributed by atoms with van der Waals surface area (Å²) >= 11 is 0. The summed E-state index contributed by atoms with van der Waals surface area (Å²) in [6.07, 6.45) is 1.75. The van der Waals surface area contributed by atoms with Crippen molar-refractivity contribution in [3.63, 3.8) is 0 Å². The van der Waals surface area contributed by atoms with E-state index in [1.807, 2.05) is 6.92 Å². The Morgan fingerprint density at radius 3 is 2.44 bits per heavy atom. The lowest BCUT2D eigenvalue weighted by molar-refractivity contribution is 0.218. The van der Waals surface area contributed by atoms with Crippen LogP contribution < -0.4 is 20.7 Å². The molecule has 1 N–H and O–H groups in total. The molecule has 0 heterocycles. The van der Waals surface area contributed by atoms with Crippen LogP contribution in [0, 0.1) is 0 Å². The fourth-order valence-electron chi connectivity index (χ4n) is 1.28. The van der Waals surface area contributed by atoms with Crippen molar-refractivity contribution >= 4 is 5.69 Å². The second kappa shape index (κ2) is 5.12. The molecule has 5 nitrogen and oxygen atoms in total. The van der Waals surface area contributed by atoms with Crippen molar-refractivity contribution in [2.75, 3.05) is 11.7 Å². The minimum atomic E-state index is -0.678. The van der Waals surface area contributed by atoms with Gasteiger partial charge in [0, 0.05) is 0 Å². The predicted octanol–water partition coefficient (Wildman–Crippen LogP) is 1.07. The molecule has 1 aromatic carbocycles. The van der Waals surface area contributed by atoms with Gasteiger partial charge in [-0.05, 0) is 20.3 Å². The van der Waals surface area contributed by atoms with Crippen LogP contribution in [0.4, 0.5) is 5.69 Å². The van der Waals surface area contributed by atoms with E-state index in [9.17, 15) is 14.8 Å². The Bertz CT molecular complexity index is 418. The largest absolute Gasteiger partial charge is 0.487 e. The van der Waals surface area contributed by atoms with Crippen LogP contribution >= 0.6 is 0 Å². The molecule has 0 atom stereocenters. The molecule has 90 valence electrons. The molecule has 0 radical (unpaired) electrons. The van der Waals surface area contributed by atoms with E-state index in [0.29, 0.717) is 6.61 Å². The first-order chi connectivity index (χ1) is 7.50. The highest BCUT2D eigenvalue weighted by Gasteiger charge is 2.28. The molecule has 0 bridgehead atoms. The predicted molar refractivity (Wildman–Crippen MR) is 61.2 cm³/mol. The lowest BCUT2D eigenvalue weighted by Gasteiger charge is -2.23. The molecule has 0 aliphatic heterocycles. The molecule has 0 aromatic heterocycles. The maximum Gasteiger partial charge on any atom is 0.272 e. The Morgan fingerprint density at radius 1 is 1.31 bits per heavy atom. The molecule has 16 heavy (non-hydrogen) atoms. The number of nitrogens with zero attached hydrogens (tertiary/aromatic N) is 1. The van der Waals surface area contributed by atoms with Crippen LogP contribution in [0.15, 0.2) is 9.59 Å². The number of rotatable bonds is 6. The summed E-state index contributed by atoms with van der Waals surface area (Å²) < 4.78 is 5.19. The lowest BCUT2D eigenvalue weighted by atomic mass is 10.2. The normalized spacial score (nSPS) is 11.1. The summed E-state index contributed by atoms with van der Waals surface area (Å²) in [5, 5.41) is 10.4. The minimum absolute atomic E-state index is 0.00495. The molecule has 0 amide bonds. The second-order valence-electron chi connectivity index (χ2n) is 3.98. The van der Waals surface area contributed by atoms with Crippen LogP contribution in [0.5, 0.6) is 5.75 Å². The lowest BCUT2D eigenvalue weighted by Crippen LogP contribution is -2.42. The quantitative estimate of drug-likeness (QED) is 0.447. The van der Waals surface area contributed by atoms with Crippen molar-refractivity contribution in [2.45, 2.75) is 39.7 Å². The number of hydrogen-bond donors (Lipinski definition) is 1. The SMILES string of the molecule is CCCCOc1c(N(O)C(C)C)c(=O)c1=O. The van der Waals surface area contributed by atoms with Crippen LogP contribution in [-0.2, 0) is 0 Å². The third-order valence-electron chi connectivity index (χ3n) is 2.31. The van der Waals surface area contributed by atoms with Crippen LogP contribution in [-0.4, -0.2) is 17.9 Å². The molecule has 0 spiro atoms. The van der Waals surface area contributed by atoms with Gasteiger partial charge in [-0.2, -0.15) is 0 Å². The zero-order valence-electron chi connectivity index (χ0n) is 9.82. The van der Waals surface area contributed by atoms with Gasteiger partial charge in [-0.3, -0.25) is 14.8 Å². The highest BCUT2D eigenvalue weighted by Crippen LogP contribution is 2.22. The maximum absolute atomic E-state index is 11.3. The highest BCUT2D eigenvalue weighted by atomic mass is 16.5. The fraction of sp³-hybridized carbons (Fsp3) is 0.636. The van der Waals surface area contributed by atoms with E-state index in [1.165, 1.54) is 0 Å². The molecule has 0 aliphatic carbocycles. The van der Waals surface area contributed by atoms with Gasteiger partial charge < -0.3 is 4.74 Å². The number of ether oxygens (including phenoxy) is 1. The zero-order valence-corrected chi connectivity index (χ0v) is 9.82. The van der Waals surface area contributed by atoms with E-state index in [1.54, 1.807) is 13.8 Å². The van der Waals surface area contributed by atoms with E-state index in [4.69, 9.17) is 4.74 Å². The first-order valence-corrected chi connectivity index (χ1v) is 5.44. The van der Waals surface area contributed by atoms with Gasteiger partial charge in [0.25, 0.3) is 10.9 Å². The minimum Gasteiger partial charge on any atom is -0.487 e. The third-order valence-corrected chi connectivity index (χ3v) is 2.31. The third kappa shape index (κ3) is 2.24. The summed E-state index contributed by atoms with van der Waals surface area (Å²) in [6, 6.07) is -0.267. The Balaban J connectivity index is 2.82. The van der Waals surface area contributed by atoms with Gasteiger partial charge >= 0.3 is 0 Å². The van der Waals surface area contributed by atoms with Gasteiger partial charge in [-0.15, -0.1) is 0 Å². The summed E-state index contributed by atoms with van der Waals surface area (Å²) in [5.41, 5.74) is -1.34. The standard InChI is InChI=1S/C11H17NO4/c1-4-5-6-16-11-8(9(13)10(11)14)12(15)7(2)3/h7,15H,4-6H2,1-3H3. The molecular weight excluding hydrogens is 210 g/mol. The van der Waals surface area contributed by atoms with Crippen LogP contribution in [0.25, 0.3) is 0 Å². The van der Waals surface area contributed by atoms with Crippen LogP contribution in [0.1, 0.15) is 33.6 Å². The first-order valence-electron chi connectivity index (χ1n) is 5.44. The molecule has 1 aromatic rings. The van der Waals surface area contributed by atoms with Gasteiger partial charge in [-0.1, -0.05) is 13.3 Å². The number of hydrogen-bond acceptors (Lipinski definition) is 5. The zero-order chi connectivity index (χ0) is 12.3. The molecule has 0 fully saturated rings. The topological polar surface area (TPSA) is 66.8 Å². The number of anilines is 1. The van der Waals surface area contributed by atoms with Crippen molar-refractivity contribution in [3.05, 3.63) is 20.4 Å². The van der Waals surface area contributed by atoms with Gasteiger partial charge in [0.2, 0.25) is 5.75 Å².